The van der Waals surface area contributed by atoms with Crippen molar-refractivity contribution in [1.82, 2.24) is 15.1 Å². The Labute approximate surface area is 170 Å². The van der Waals surface area contributed by atoms with Gasteiger partial charge in [-0.1, -0.05) is 6.92 Å². The fourth-order valence-electron chi connectivity index (χ4n) is 4.44. The van der Waals surface area contributed by atoms with Crippen LogP contribution in [0.4, 0.5) is 5.69 Å². The highest BCUT2D eigenvalue weighted by atomic mass is 16.3. The van der Waals surface area contributed by atoms with Gasteiger partial charge in [0.25, 0.3) is 5.91 Å². The number of aliphatic hydroxyl groups excluding tert-OH is 1. The Morgan fingerprint density at radius 1 is 1.17 bits per heavy atom. The first kappa shape index (κ1) is 19.8. The molecule has 156 valence electrons. The third-order valence-electron chi connectivity index (χ3n) is 6.13. The SMILES string of the molecule is CC(CO)CN1CCN(c2ccc3c(c2)CN(C2CCC(=O)NC2=O)C3=O)CC1. The molecule has 0 radical (unpaired) electrons. The molecule has 3 amide bonds. The number of nitrogens with zero attached hydrogens (tertiary/aromatic N) is 3. The number of hydrogen-bond donors (Lipinski definition) is 2. The number of anilines is 1. The first-order chi connectivity index (χ1) is 14.0. The Balaban J connectivity index is 1.42. The van der Waals surface area contributed by atoms with E-state index in [-0.39, 0.29) is 36.7 Å². The molecule has 8 nitrogen and oxygen atoms in total. The van der Waals surface area contributed by atoms with Crippen LogP contribution >= 0.6 is 0 Å². The largest absolute Gasteiger partial charge is 0.396 e. The van der Waals surface area contributed by atoms with Gasteiger partial charge in [-0.15, -0.1) is 0 Å². The van der Waals surface area contributed by atoms with Crippen LogP contribution in [-0.2, 0) is 16.1 Å². The highest BCUT2D eigenvalue weighted by Gasteiger charge is 2.39. The average Bonchev–Trinajstić information content (AvgIpc) is 3.04. The van der Waals surface area contributed by atoms with Gasteiger partial charge in [-0.25, -0.2) is 0 Å². The molecule has 2 saturated heterocycles. The second-order valence-electron chi connectivity index (χ2n) is 8.32. The number of imide groups is 1. The maximum Gasteiger partial charge on any atom is 0.255 e. The van der Waals surface area contributed by atoms with Gasteiger partial charge in [0.05, 0.1) is 0 Å². The van der Waals surface area contributed by atoms with Crippen molar-refractivity contribution >= 4 is 23.4 Å². The molecule has 0 spiro atoms. The number of fused-ring (bicyclic) bond motifs is 1. The van der Waals surface area contributed by atoms with Crippen molar-refractivity contribution in [3.63, 3.8) is 0 Å². The fourth-order valence-corrected chi connectivity index (χ4v) is 4.44. The predicted molar refractivity (Wildman–Crippen MR) is 107 cm³/mol. The monoisotopic (exact) mass is 400 g/mol. The van der Waals surface area contributed by atoms with Crippen molar-refractivity contribution < 1.29 is 19.5 Å². The first-order valence-electron chi connectivity index (χ1n) is 10.3. The number of hydrogen-bond acceptors (Lipinski definition) is 6. The summed E-state index contributed by atoms with van der Waals surface area (Å²) >= 11 is 0. The number of piperidine rings is 1. The minimum Gasteiger partial charge on any atom is -0.396 e. The second-order valence-corrected chi connectivity index (χ2v) is 8.32. The summed E-state index contributed by atoms with van der Waals surface area (Å²) in [5.74, 6) is -0.504. The first-order valence-corrected chi connectivity index (χ1v) is 10.3. The summed E-state index contributed by atoms with van der Waals surface area (Å²) in [6, 6.07) is 5.33. The molecule has 8 heteroatoms. The van der Waals surface area contributed by atoms with Crippen LogP contribution in [0.3, 0.4) is 0 Å². The molecule has 0 aliphatic carbocycles. The van der Waals surface area contributed by atoms with Gasteiger partial charge in [0.15, 0.2) is 0 Å². The number of carbonyl (C=O) groups is 3. The van der Waals surface area contributed by atoms with Crippen LogP contribution in [0.15, 0.2) is 18.2 Å². The summed E-state index contributed by atoms with van der Waals surface area (Å²) in [4.78, 5) is 42.7. The van der Waals surface area contributed by atoms with Crippen molar-refractivity contribution in [1.29, 1.82) is 0 Å². The summed E-state index contributed by atoms with van der Waals surface area (Å²) in [6.45, 7) is 7.28. The van der Waals surface area contributed by atoms with Gasteiger partial charge >= 0.3 is 0 Å². The summed E-state index contributed by atoms with van der Waals surface area (Å²) in [7, 11) is 0. The van der Waals surface area contributed by atoms with Crippen molar-refractivity contribution in [2.24, 2.45) is 5.92 Å². The van der Waals surface area contributed by atoms with Crippen molar-refractivity contribution in [2.45, 2.75) is 32.4 Å². The number of benzene rings is 1. The minimum atomic E-state index is -0.576. The number of aliphatic hydroxyl groups is 1. The molecule has 1 aromatic rings. The van der Waals surface area contributed by atoms with E-state index in [1.54, 1.807) is 4.90 Å². The van der Waals surface area contributed by atoms with Gasteiger partial charge in [0.2, 0.25) is 11.8 Å². The van der Waals surface area contributed by atoms with E-state index >= 15 is 0 Å². The maximum absolute atomic E-state index is 12.8. The summed E-state index contributed by atoms with van der Waals surface area (Å²) in [5.41, 5.74) is 2.68. The summed E-state index contributed by atoms with van der Waals surface area (Å²) in [5, 5.41) is 11.6. The van der Waals surface area contributed by atoms with Crippen LogP contribution < -0.4 is 10.2 Å². The van der Waals surface area contributed by atoms with E-state index in [2.05, 4.69) is 28.1 Å². The maximum atomic E-state index is 12.8. The molecule has 0 bridgehead atoms. The third-order valence-corrected chi connectivity index (χ3v) is 6.13. The molecule has 2 unspecified atom stereocenters. The number of rotatable bonds is 5. The number of nitrogens with one attached hydrogen (secondary N) is 1. The lowest BCUT2D eigenvalue weighted by atomic mass is 10.0. The average molecular weight is 400 g/mol. The molecule has 2 N–H and O–H groups in total. The van der Waals surface area contributed by atoms with Crippen molar-refractivity contribution in [2.75, 3.05) is 44.2 Å². The van der Waals surface area contributed by atoms with Crippen LogP contribution in [0.2, 0.25) is 0 Å². The van der Waals surface area contributed by atoms with E-state index in [4.69, 9.17) is 0 Å². The zero-order valence-electron chi connectivity index (χ0n) is 16.8. The Hall–Kier alpha value is -2.45. The number of carbonyl (C=O) groups excluding carboxylic acids is 3. The van der Waals surface area contributed by atoms with Gasteiger partial charge in [-0.2, -0.15) is 0 Å². The molecule has 3 aliphatic rings. The van der Waals surface area contributed by atoms with E-state index in [1.165, 1.54) is 0 Å². The van der Waals surface area contributed by atoms with Crippen LogP contribution in [-0.4, -0.2) is 78.0 Å². The molecule has 3 aliphatic heterocycles. The molecule has 2 fully saturated rings. The standard InChI is InChI=1S/C21H28N4O4/c1-14(13-26)11-23-6-8-24(9-7-23)16-2-3-17-15(10-16)12-25(21(17)29)18-4-5-19(27)22-20(18)28/h2-3,10,14,18,26H,4-9,11-13H2,1H3,(H,22,27,28). The predicted octanol–water partition coefficient (Wildman–Crippen LogP) is 0.198. The quantitative estimate of drug-likeness (QED) is 0.686. The van der Waals surface area contributed by atoms with Gasteiger partial charge in [-0.05, 0) is 36.1 Å². The Morgan fingerprint density at radius 2 is 1.93 bits per heavy atom. The zero-order chi connectivity index (χ0) is 20.5. The van der Waals surface area contributed by atoms with Crippen molar-refractivity contribution in [3.05, 3.63) is 29.3 Å². The zero-order valence-corrected chi connectivity index (χ0v) is 16.8. The molecule has 1 aromatic carbocycles. The molecular formula is C21H28N4O4. The van der Waals surface area contributed by atoms with E-state index in [9.17, 15) is 19.5 Å². The van der Waals surface area contributed by atoms with Crippen LogP contribution in [0.25, 0.3) is 0 Å². The summed E-state index contributed by atoms with van der Waals surface area (Å²) < 4.78 is 0. The molecule has 0 aromatic heterocycles. The lowest BCUT2D eigenvalue weighted by Gasteiger charge is -2.37. The normalized spacial score (nSPS) is 23.9. The fraction of sp³-hybridized carbons (Fsp3) is 0.571. The number of amides is 3. The molecule has 2 atom stereocenters. The van der Waals surface area contributed by atoms with E-state index < -0.39 is 6.04 Å². The highest BCUT2D eigenvalue weighted by Crippen LogP contribution is 2.31. The highest BCUT2D eigenvalue weighted by molar-refractivity contribution is 6.05. The van der Waals surface area contributed by atoms with Crippen molar-refractivity contribution in [3.8, 4) is 0 Å². The molecule has 4 rings (SSSR count). The topological polar surface area (TPSA) is 93.2 Å². The third kappa shape index (κ3) is 4.00. The van der Waals surface area contributed by atoms with Gasteiger partial charge in [-0.3, -0.25) is 24.6 Å². The Kier molecular flexibility index (Phi) is 5.56. The Morgan fingerprint density at radius 3 is 2.62 bits per heavy atom. The molecule has 3 heterocycles. The van der Waals surface area contributed by atoms with Crippen LogP contribution in [0.1, 0.15) is 35.7 Å². The molecular weight excluding hydrogens is 372 g/mol. The molecule has 29 heavy (non-hydrogen) atoms. The van der Waals surface area contributed by atoms with Crippen LogP contribution in [0.5, 0.6) is 0 Å². The lowest BCUT2D eigenvalue weighted by Crippen LogP contribution is -2.52. The minimum absolute atomic E-state index is 0.135. The number of piperazine rings is 1. The second kappa shape index (κ2) is 8.12. The Bertz CT molecular complexity index is 819. The molecule has 0 saturated carbocycles. The van der Waals surface area contributed by atoms with Crippen LogP contribution in [0, 0.1) is 5.92 Å². The van der Waals surface area contributed by atoms with E-state index in [1.807, 2.05) is 12.1 Å². The summed E-state index contributed by atoms with van der Waals surface area (Å²) in [6.07, 6.45) is 0.645. The van der Waals surface area contributed by atoms with E-state index in [0.29, 0.717) is 18.5 Å². The van der Waals surface area contributed by atoms with Gasteiger partial charge in [0, 0.05) is 63.5 Å². The van der Waals surface area contributed by atoms with Gasteiger partial charge in [0.1, 0.15) is 6.04 Å². The van der Waals surface area contributed by atoms with Gasteiger partial charge < -0.3 is 14.9 Å². The van der Waals surface area contributed by atoms with E-state index in [0.717, 1.165) is 44.0 Å². The lowest BCUT2D eigenvalue weighted by molar-refractivity contribution is -0.136. The smallest absolute Gasteiger partial charge is 0.255 e.